The number of hydrogen-bond donors (Lipinski definition) is 2. The molecule has 1 amide bonds. The third-order valence-electron chi connectivity index (χ3n) is 4.61. The molecule has 1 aliphatic heterocycles. The van der Waals surface area contributed by atoms with Crippen molar-refractivity contribution in [2.75, 3.05) is 19.8 Å². The van der Waals surface area contributed by atoms with Crippen molar-refractivity contribution in [3.05, 3.63) is 58.5 Å². The maximum Gasteiger partial charge on any atom is 0.254 e. The summed E-state index contributed by atoms with van der Waals surface area (Å²) in [5.74, 6) is 0.442. The number of nitrogens with one attached hydrogen (secondary N) is 1. The molecule has 136 valence electrons. The highest BCUT2D eigenvalue weighted by Crippen LogP contribution is 2.35. The zero-order chi connectivity index (χ0) is 17.0. The van der Waals surface area contributed by atoms with Crippen LogP contribution in [0.2, 0.25) is 5.02 Å². The topological polar surface area (TPSA) is 77.5 Å². The van der Waals surface area contributed by atoms with E-state index in [2.05, 4.69) is 5.32 Å². The molecule has 25 heavy (non-hydrogen) atoms. The number of carbonyl (C=O) groups is 1. The van der Waals surface area contributed by atoms with Gasteiger partial charge in [-0.3, -0.25) is 4.79 Å². The molecule has 5 nitrogen and oxygen atoms in total. The van der Waals surface area contributed by atoms with Crippen molar-refractivity contribution < 1.29 is 13.9 Å². The molecule has 0 spiro atoms. The second kappa shape index (κ2) is 8.72. The zero-order valence-corrected chi connectivity index (χ0v) is 15.4. The van der Waals surface area contributed by atoms with Gasteiger partial charge in [0.25, 0.3) is 5.91 Å². The van der Waals surface area contributed by atoms with Gasteiger partial charge in [-0.25, -0.2) is 0 Å². The van der Waals surface area contributed by atoms with Crippen molar-refractivity contribution >= 4 is 29.9 Å². The van der Waals surface area contributed by atoms with Gasteiger partial charge in [0, 0.05) is 30.2 Å². The van der Waals surface area contributed by atoms with Gasteiger partial charge in [-0.2, -0.15) is 0 Å². The molecular weight excluding hydrogens is 363 g/mol. The van der Waals surface area contributed by atoms with Crippen molar-refractivity contribution in [1.82, 2.24) is 5.32 Å². The average molecular weight is 385 g/mol. The molecular formula is C18H22Cl2N2O3. The molecule has 1 aromatic carbocycles. The Labute approximate surface area is 158 Å². The molecule has 1 fully saturated rings. The quantitative estimate of drug-likeness (QED) is 0.828. The SMILES string of the molecule is Cl.NCc1cc(C(=O)NCC2(c3ccc(Cl)cc3)CCOCC2)co1. The van der Waals surface area contributed by atoms with Crippen molar-refractivity contribution in [3.8, 4) is 0 Å². The van der Waals surface area contributed by atoms with Crippen LogP contribution in [0, 0.1) is 0 Å². The molecule has 0 bridgehead atoms. The summed E-state index contributed by atoms with van der Waals surface area (Å²) in [4.78, 5) is 12.4. The number of hydrogen-bond acceptors (Lipinski definition) is 4. The van der Waals surface area contributed by atoms with E-state index in [1.807, 2.05) is 24.3 Å². The molecule has 2 heterocycles. The summed E-state index contributed by atoms with van der Waals surface area (Å²) in [6.45, 7) is 2.18. The average Bonchev–Trinajstić information content (AvgIpc) is 3.10. The van der Waals surface area contributed by atoms with Crippen LogP contribution in [0.5, 0.6) is 0 Å². The lowest BCUT2D eigenvalue weighted by molar-refractivity contribution is 0.0487. The Morgan fingerprint density at radius 1 is 1.24 bits per heavy atom. The molecule has 7 heteroatoms. The highest BCUT2D eigenvalue weighted by Gasteiger charge is 2.35. The Morgan fingerprint density at radius 3 is 2.52 bits per heavy atom. The van der Waals surface area contributed by atoms with Crippen molar-refractivity contribution in [3.63, 3.8) is 0 Å². The van der Waals surface area contributed by atoms with Crippen LogP contribution in [0.25, 0.3) is 0 Å². The van der Waals surface area contributed by atoms with E-state index < -0.39 is 0 Å². The first-order valence-corrected chi connectivity index (χ1v) is 8.40. The van der Waals surface area contributed by atoms with Gasteiger partial charge in [-0.1, -0.05) is 23.7 Å². The molecule has 2 aromatic rings. The Balaban J connectivity index is 0.00000225. The van der Waals surface area contributed by atoms with Gasteiger partial charge in [0.2, 0.25) is 0 Å². The first kappa shape index (κ1) is 19.8. The smallest absolute Gasteiger partial charge is 0.254 e. The fraction of sp³-hybridized carbons (Fsp3) is 0.389. The standard InChI is InChI=1S/C18H21ClN2O3.ClH/c19-15-3-1-14(2-4-15)18(5-7-23-8-6-18)12-21-17(22)13-9-16(10-20)24-11-13;/h1-4,9,11H,5-8,10,12,20H2,(H,21,22);1H. The Bertz CT molecular complexity index is 695. The molecule has 1 aromatic heterocycles. The van der Waals surface area contributed by atoms with Gasteiger partial charge in [0.15, 0.2) is 0 Å². The molecule has 0 aliphatic carbocycles. The number of carbonyl (C=O) groups excluding carboxylic acids is 1. The minimum absolute atomic E-state index is 0. The maximum absolute atomic E-state index is 12.4. The Kier molecular flexibility index (Phi) is 6.90. The lowest BCUT2D eigenvalue weighted by Gasteiger charge is -2.38. The largest absolute Gasteiger partial charge is 0.467 e. The summed E-state index contributed by atoms with van der Waals surface area (Å²) in [5, 5.41) is 3.74. The molecule has 0 unspecified atom stereocenters. The lowest BCUT2D eigenvalue weighted by atomic mass is 9.74. The summed E-state index contributed by atoms with van der Waals surface area (Å²) in [6, 6.07) is 9.52. The van der Waals surface area contributed by atoms with Gasteiger partial charge < -0.3 is 20.2 Å². The summed E-state index contributed by atoms with van der Waals surface area (Å²) in [6.07, 6.45) is 3.15. The first-order valence-electron chi connectivity index (χ1n) is 8.02. The van der Waals surface area contributed by atoms with Crippen LogP contribution >= 0.6 is 24.0 Å². The van der Waals surface area contributed by atoms with Crippen molar-refractivity contribution in [1.29, 1.82) is 0 Å². The van der Waals surface area contributed by atoms with E-state index in [0.717, 1.165) is 12.8 Å². The molecule has 0 atom stereocenters. The molecule has 1 saturated heterocycles. The summed E-state index contributed by atoms with van der Waals surface area (Å²) in [5.41, 5.74) is 7.04. The number of benzene rings is 1. The minimum atomic E-state index is -0.154. The predicted molar refractivity (Wildman–Crippen MR) is 99.4 cm³/mol. The molecule has 0 radical (unpaired) electrons. The van der Waals surface area contributed by atoms with Crippen molar-refractivity contribution in [2.45, 2.75) is 24.8 Å². The Hall–Kier alpha value is -1.53. The molecule has 3 N–H and O–H groups in total. The third-order valence-corrected chi connectivity index (χ3v) is 4.86. The highest BCUT2D eigenvalue weighted by molar-refractivity contribution is 6.30. The maximum atomic E-state index is 12.4. The van der Waals surface area contributed by atoms with Crippen LogP contribution in [-0.4, -0.2) is 25.7 Å². The zero-order valence-electron chi connectivity index (χ0n) is 13.8. The van der Waals surface area contributed by atoms with Crippen LogP contribution < -0.4 is 11.1 Å². The third kappa shape index (κ3) is 4.55. The highest BCUT2D eigenvalue weighted by atomic mass is 35.5. The number of ether oxygens (including phenoxy) is 1. The van der Waals surface area contributed by atoms with E-state index in [9.17, 15) is 4.79 Å². The van der Waals surface area contributed by atoms with Crippen LogP contribution in [0.15, 0.2) is 41.0 Å². The van der Waals surface area contributed by atoms with Gasteiger partial charge in [0.05, 0.1) is 12.1 Å². The number of furan rings is 1. The lowest BCUT2D eigenvalue weighted by Crippen LogP contribution is -2.44. The first-order chi connectivity index (χ1) is 11.6. The molecule has 0 saturated carbocycles. The van der Waals surface area contributed by atoms with Crippen LogP contribution in [-0.2, 0) is 16.7 Å². The monoisotopic (exact) mass is 384 g/mol. The number of halogens is 2. The summed E-state index contributed by atoms with van der Waals surface area (Å²) >= 11 is 6.00. The van der Waals surface area contributed by atoms with E-state index in [4.69, 9.17) is 26.5 Å². The van der Waals surface area contributed by atoms with Crippen LogP contribution in [0.1, 0.15) is 34.5 Å². The van der Waals surface area contributed by atoms with E-state index in [-0.39, 0.29) is 30.3 Å². The Morgan fingerprint density at radius 2 is 1.92 bits per heavy atom. The van der Waals surface area contributed by atoms with Gasteiger partial charge >= 0.3 is 0 Å². The van der Waals surface area contributed by atoms with E-state index in [1.165, 1.54) is 11.8 Å². The molecule has 3 rings (SSSR count). The number of nitrogens with two attached hydrogens (primary N) is 1. The fourth-order valence-electron chi connectivity index (χ4n) is 3.09. The summed E-state index contributed by atoms with van der Waals surface area (Å²) < 4.78 is 10.7. The number of rotatable bonds is 5. The van der Waals surface area contributed by atoms with Crippen LogP contribution in [0.3, 0.4) is 0 Å². The normalized spacial score (nSPS) is 16.1. The summed E-state index contributed by atoms with van der Waals surface area (Å²) in [7, 11) is 0. The van der Waals surface area contributed by atoms with Crippen LogP contribution in [0.4, 0.5) is 0 Å². The van der Waals surface area contributed by atoms with E-state index >= 15 is 0 Å². The van der Waals surface area contributed by atoms with Gasteiger partial charge in [0.1, 0.15) is 12.0 Å². The van der Waals surface area contributed by atoms with Gasteiger partial charge in [-0.05, 0) is 36.6 Å². The van der Waals surface area contributed by atoms with Gasteiger partial charge in [-0.15, -0.1) is 12.4 Å². The van der Waals surface area contributed by atoms with E-state index in [1.54, 1.807) is 6.07 Å². The second-order valence-corrected chi connectivity index (χ2v) is 6.52. The molecule has 1 aliphatic rings. The second-order valence-electron chi connectivity index (χ2n) is 6.09. The van der Waals surface area contributed by atoms with Crippen molar-refractivity contribution in [2.24, 2.45) is 5.73 Å². The van der Waals surface area contributed by atoms with E-state index in [0.29, 0.717) is 36.1 Å². The number of amides is 1. The fourth-order valence-corrected chi connectivity index (χ4v) is 3.22. The minimum Gasteiger partial charge on any atom is -0.467 e. The predicted octanol–water partition coefficient (Wildman–Crippen LogP) is 3.29.